The summed E-state index contributed by atoms with van der Waals surface area (Å²) in [6.07, 6.45) is 0. The zero-order valence-electron chi connectivity index (χ0n) is 18.1. The van der Waals surface area contributed by atoms with E-state index in [-0.39, 0.29) is 40.4 Å². The van der Waals surface area contributed by atoms with Crippen LogP contribution in [0.2, 0.25) is 0 Å². The van der Waals surface area contributed by atoms with Gasteiger partial charge in [0.1, 0.15) is 29.1 Å². The predicted molar refractivity (Wildman–Crippen MR) is 118 cm³/mol. The molecular formula is C24H18N2O8. The van der Waals surface area contributed by atoms with E-state index in [1.807, 2.05) is 0 Å². The fourth-order valence-corrected chi connectivity index (χ4v) is 4.64. The first-order valence-corrected chi connectivity index (χ1v) is 10.2. The second-order valence-electron chi connectivity index (χ2n) is 7.66. The first-order chi connectivity index (χ1) is 16.4. The standard InChI is InChI=1S/C24H18N2O8/c1-31-16(27)11-26-14-9-5-4-8-13(14)24(18(20(26)25)21(28)32-2)17-19(34-23(24)30)12-7-3-6-10-15(12)33-22(17)29/h3-10H,11,25H2,1-2H3/t24-/m1/s1. The molecule has 0 saturated carbocycles. The number of rotatable bonds is 3. The van der Waals surface area contributed by atoms with Crippen LogP contribution < -0.4 is 21.0 Å². The maximum Gasteiger partial charge on any atom is 0.345 e. The summed E-state index contributed by atoms with van der Waals surface area (Å²) in [4.78, 5) is 53.6. The molecule has 2 aliphatic rings. The summed E-state index contributed by atoms with van der Waals surface area (Å²) < 4.78 is 20.9. The van der Waals surface area contributed by atoms with E-state index in [1.165, 1.54) is 12.0 Å². The van der Waals surface area contributed by atoms with Crippen LogP contribution in [0.4, 0.5) is 5.69 Å². The molecule has 2 aliphatic heterocycles. The number of fused-ring (bicyclic) bond motifs is 6. The lowest BCUT2D eigenvalue weighted by Crippen LogP contribution is -2.51. The summed E-state index contributed by atoms with van der Waals surface area (Å²) in [5.41, 5.74) is 3.66. The summed E-state index contributed by atoms with van der Waals surface area (Å²) in [7, 11) is 2.33. The van der Waals surface area contributed by atoms with Crippen molar-refractivity contribution in [1.29, 1.82) is 0 Å². The Bertz CT molecular complexity index is 1490. The molecule has 2 aromatic carbocycles. The van der Waals surface area contributed by atoms with Crippen molar-refractivity contribution in [3.8, 4) is 5.75 Å². The van der Waals surface area contributed by atoms with Crippen molar-refractivity contribution in [2.24, 2.45) is 5.73 Å². The largest absolute Gasteiger partial charge is 0.468 e. The molecule has 172 valence electrons. The van der Waals surface area contributed by atoms with Gasteiger partial charge in [-0.3, -0.25) is 4.79 Å². The van der Waals surface area contributed by atoms with Gasteiger partial charge < -0.3 is 29.3 Å². The van der Waals surface area contributed by atoms with Crippen molar-refractivity contribution in [3.05, 3.63) is 81.5 Å². The van der Waals surface area contributed by atoms with Crippen molar-refractivity contribution in [2.45, 2.75) is 5.41 Å². The number of nitrogens with two attached hydrogens (primary N) is 1. The molecule has 3 heterocycles. The maximum absolute atomic E-state index is 13.7. The fraction of sp³-hybridized carbons (Fsp3) is 0.167. The molecule has 0 amide bonds. The molecule has 3 aromatic rings. The van der Waals surface area contributed by atoms with E-state index in [0.29, 0.717) is 11.1 Å². The van der Waals surface area contributed by atoms with Crippen molar-refractivity contribution >= 4 is 34.6 Å². The van der Waals surface area contributed by atoms with Gasteiger partial charge in [0, 0.05) is 11.3 Å². The minimum absolute atomic E-state index is 0.0257. The quantitative estimate of drug-likeness (QED) is 0.448. The number of carbonyl (C=O) groups excluding carboxylic acids is 3. The van der Waals surface area contributed by atoms with Crippen molar-refractivity contribution < 1.29 is 33.0 Å². The molecule has 1 aromatic heterocycles. The molecule has 1 atom stereocenters. The van der Waals surface area contributed by atoms with Gasteiger partial charge in [-0.05, 0) is 18.2 Å². The van der Waals surface area contributed by atoms with Crippen LogP contribution in [0.5, 0.6) is 5.75 Å². The molecule has 2 N–H and O–H groups in total. The molecule has 0 fully saturated rings. The summed E-state index contributed by atoms with van der Waals surface area (Å²) in [5, 5.41) is 0.375. The second-order valence-corrected chi connectivity index (χ2v) is 7.66. The highest BCUT2D eigenvalue weighted by Gasteiger charge is 2.63. The highest BCUT2D eigenvalue weighted by atomic mass is 16.6. The first kappa shape index (κ1) is 21.3. The van der Waals surface area contributed by atoms with Crippen LogP contribution in [0.15, 0.2) is 69.1 Å². The molecule has 0 radical (unpaired) electrons. The minimum Gasteiger partial charge on any atom is -0.468 e. The average Bonchev–Trinajstić information content (AvgIpc) is 3.15. The van der Waals surface area contributed by atoms with Crippen molar-refractivity contribution in [3.63, 3.8) is 0 Å². The van der Waals surface area contributed by atoms with E-state index in [1.54, 1.807) is 48.5 Å². The number of hydrogen-bond donors (Lipinski definition) is 1. The Labute approximate surface area is 192 Å². The topological polar surface area (TPSA) is 138 Å². The molecular weight excluding hydrogens is 444 g/mol. The Morgan fingerprint density at radius 2 is 1.74 bits per heavy atom. The van der Waals surface area contributed by atoms with Crippen LogP contribution in [-0.4, -0.2) is 38.7 Å². The van der Waals surface area contributed by atoms with Crippen molar-refractivity contribution in [2.75, 3.05) is 25.7 Å². The Morgan fingerprint density at radius 1 is 1.03 bits per heavy atom. The molecule has 0 unspecified atom stereocenters. The fourth-order valence-electron chi connectivity index (χ4n) is 4.64. The lowest BCUT2D eigenvalue weighted by atomic mass is 9.67. The van der Waals surface area contributed by atoms with E-state index >= 15 is 0 Å². The number of benzene rings is 2. The smallest absolute Gasteiger partial charge is 0.345 e. The van der Waals surface area contributed by atoms with Crippen LogP contribution in [-0.2, 0) is 29.3 Å². The molecule has 1 spiro atoms. The number of methoxy groups -OCH3 is 2. The van der Waals surface area contributed by atoms with Gasteiger partial charge in [0.05, 0.1) is 19.6 Å². The second kappa shape index (κ2) is 7.48. The summed E-state index contributed by atoms with van der Waals surface area (Å²) in [6.45, 7) is -0.357. The van der Waals surface area contributed by atoms with Gasteiger partial charge in [-0.1, -0.05) is 30.3 Å². The Hall–Kier alpha value is -4.60. The minimum atomic E-state index is -2.07. The van der Waals surface area contributed by atoms with E-state index < -0.39 is 28.9 Å². The van der Waals surface area contributed by atoms with Crippen molar-refractivity contribution in [1.82, 2.24) is 0 Å². The highest BCUT2D eigenvalue weighted by molar-refractivity contribution is 6.12. The first-order valence-electron chi connectivity index (χ1n) is 10.2. The summed E-state index contributed by atoms with van der Waals surface area (Å²) >= 11 is 0. The number of nitrogens with zero attached hydrogens (tertiary/aromatic N) is 1. The van der Waals surface area contributed by atoms with Crippen LogP contribution in [0.25, 0.3) is 11.0 Å². The third kappa shape index (κ3) is 2.62. The van der Waals surface area contributed by atoms with E-state index in [9.17, 15) is 19.2 Å². The molecule has 10 heteroatoms. The Morgan fingerprint density at radius 3 is 2.47 bits per heavy atom. The number of ether oxygens (including phenoxy) is 3. The van der Waals surface area contributed by atoms with Gasteiger partial charge in [-0.25, -0.2) is 14.4 Å². The van der Waals surface area contributed by atoms with Gasteiger partial charge in [0.25, 0.3) is 0 Å². The van der Waals surface area contributed by atoms with E-state index in [0.717, 1.165) is 7.11 Å². The number of carbonyl (C=O) groups is 3. The monoisotopic (exact) mass is 462 g/mol. The van der Waals surface area contributed by atoms with Gasteiger partial charge in [-0.2, -0.15) is 0 Å². The maximum atomic E-state index is 13.7. The van der Waals surface area contributed by atoms with Crippen LogP contribution in [0.3, 0.4) is 0 Å². The van der Waals surface area contributed by atoms with Crippen LogP contribution in [0.1, 0.15) is 11.1 Å². The lowest BCUT2D eigenvalue weighted by Gasteiger charge is -2.39. The van der Waals surface area contributed by atoms with Crippen LogP contribution in [0, 0.1) is 0 Å². The summed E-state index contributed by atoms with van der Waals surface area (Å²) in [6, 6.07) is 13.0. The zero-order chi connectivity index (χ0) is 24.2. The predicted octanol–water partition coefficient (Wildman–Crippen LogP) is 1.33. The lowest BCUT2D eigenvalue weighted by molar-refractivity contribution is -0.142. The molecule has 5 rings (SSSR count). The molecule has 10 nitrogen and oxygen atoms in total. The van der Waals surface area contributed by atoms with Gasteiger partial charge >= 0.3 is 23.5 Å². The third-order valence-corrected chi connectivity index (χ3v) is 6.07. The Balaban J connectivity index is 1.94. The number of para-hydroxylation sites is 2. The third-order valence-electron chi connectivity index (χ3n) is 6.07. The molecule has 0 bridgehead atoms. The SMILES string of the molecule is COC(=O)CN1C(N)=C(C(=O)OC)[C@@]2(C(=O)Oc3c2c(=O)oc2ccccc32)c2ccccc21. The highest BCUT2D eigenvalue weighted by Crippen LogP contribution is 2.55. The average molecular weight is 462 g/mol. The van der Waals surface area contributed by atoms with E-state index in [2.05, 4.69) is 0 Å². The van der Waals surface area contributed by atoms with E-state index in [4.69, 9.17) is 24.4 Å². The summed E-state index contributed by atoms with van der Waals surface area (Å²) in [5.74, 6) is -2.81. The molecule has 0 saturated heterocycles. The van der Waals surface area contributed by atoms with Crippen LogP contribution >= 0.6 is 0 Å². The van der Waals surface area contributed by atoms with Gasteiger partial charge in [0.2, 0.25) is 0 Å². The normalized spacial score (nSPS) is 18.5. The molecule has 0 aliphatic carbocycles. The van der Waals surface area contributed by atoms with Gasteiger partial charge in [0.15, 0.2) is 11.2 Å². The number of anilines is 1. The molecule has 34 heavy (non-hydrogen) atoms. The van der Waals surface area contributed by atoms with Gasteiger partial charge in [-0.15, -0.1) is 0 Å². The number of esters is 3. The number of hydrogen-bond acceptors (Lipinski definition) is 10. The Kier molecular flexibility index (Phi) is 4.67. The zero-order valence-corrected chi connectivity index (χ0v) is 18.1.